The lowest BCUT2D eigenvalue weighted by Gasteiger charge is -2.41. The minimum atomic E-state index is 0.309. The van der Waals surface area contributed by atoms with Gasteiger partial charge in [0.05, 0.1) is 0 Å². The van der Waals surface area contributed by atoms with Gasteiger partial charge >= 0.3 is 0 Å². The molecule has 0 amide bonds. The van der Waals surface area contributed by atoms with Gasteiger partial charge in [0.2, 0.25) is 0 Å². The number of anilines is 1. The Bertz CT molecular complexity index is 388. The Kier molecular flexibility index (Phi) is 1.84. The molecule has 1 N–H and O–H groups in total. The highest BCUT2D eigenvalue weighted by atomic mass is 15.2. The summed E-state index contributed by atoms with van der Waals surface area (Å²) < 4.78 is 0. The normalized spacial score (nSPS) is 34.4. The maximum absolute atomic E-state index is 3.67. The molecule has 2 nitrogen and oxygen atoms in total. The fraction of sp³-hybridized carbons (Fsp3) is 0.538. The second-order valence-corrected chi connectivity index (χ2v) is 5.19. The van der Waals surface area contributed by atoms with E-state index in [9.17, 15) is 0 Å². The van der Waals surface area contributed by atoms with Crippen molar-refractivity contribution in [3.63, 3.8) is 0 Å². The van der Waals surface area contributed by atoms with E-state index in [1.807, 2.05) is 0 Å². The third-order valence-electron chi connectivity index (χ3n) is 4.04. The first kappa shape index (κ1) is 9.22. The van der Waals surface area contributed by atoms with Crippen molar-refractivity contribution >= 4 is 5.69 Å². The minimum absolute atomic E-state index is 0.309. The maximum atomic E-state index is 3.67. The highest BCUT2D eigenvalue weighted by Gasteiger charge is 2.45. The van der Waals surface area contributed by atoms with Crippen LogP contribution in [0.5, 0.6) is 0 Å². The van der Waals surface area contributed by atoms with Gasteiger partial charge in [0.25, 0.3) is 0 Å². The largest absolute Gasteiger partial charge is 0.381 e. The number of fused-ring (bicyclic) bond motifs is 3. The van der Waals surface area contributed by atoms with Gasteiger partial charge in [-0.05, 0) is 31.6 Å². The number of para-hydroxylation sites is 1. The number of hydrogen-bond donors (Lipinski definition) is 1. The molecule has 0 spiro atoms. The number of nitrogens with zero attached hydrogens (tertiary/aromatic N) is 1. The Hall–Kier alpha value is -1.02. The standard InChI is InChI=1S/C13H18N2/c1-13-9-15(2)8-7-12(13)14-11-6-4-3-5-10(11)13/h3-6,12,14H,7-9H2,1-2H3. The van der Waals surface area contributed by atoms with E-state index >= 15 is 0 Å². The maximum Gasteiger partial charge on any atom is 0.0382 e. The Morgan fingerprint density at radius 3 is 3.07 bits per heavy atom. The van der Waals surface area contributed by atoms with Gasteiger partial charge in [-0.2, -0.15) is 0 Å². The molecular weight excluding hydrogens is 184 g/mol. The molecule has 80 valence electrons. The van der Waals surface area contributed by atoms with Gasteiger partial charge in [0.15, 0.2) is 0 Å². The smallest absolute Gasteiger partial charge is 0.0382 e. The fourth-order valence-corrected chi connectivity index (χ4v) is 3.22. The fourth-order valence-electron chi connectivity index (χ4n) is 3.22. The SMILES string of the molecule is CN1CCC2Nc3ccccc3C2(C)C1. The van der Waals surface area contributed by atoms with Crippen LogP contribution in [-0.2, 0) is 5.41 Å². The molecule has 2 atom stereocenters. The van der Waals surface area contributed by atoms with Crippen molar-refractivity contribution in [3.8, 4) is 0 Å². The van der Waals surface area contributed by atoms with Crippen molar-refractivity contribution in [3.05, 3.63) is 29.8 Å². The topological polar surface area (TPSA) is 15.3 Å². The Labute approximate surface area is 91.3 Å². The molecule has 2 heteroatoms. The molecule has 0 bridgehead atoms. The summed E-state index contributed by atoms with van der Waals surface area (Å²) in [5.74, 6) is 0. The van der Waals surface area contributed by atoms with Crippen LogP contribution in [0.3, 0.4) is 0 Å². The number of piperidine rings is 1. The summed E-state index contributed by atoms with van der Waals surface area (Å²) in [5.41, 5.74) is 3.16. The van der Waals surface area contributed by atoms with Crippen molar-refractivity contribution < 1.29 is 0 Å². The molecule has 2 aliphatic rings. The van der Waals surface area contributed by atoms with Crippen LogP contribution >= 0.6 is 0 Å². The molecule has 1 fully saturated rings. The van der Waals surface area contributed by atoms with E-state index in [1.54, 1.807) is 0 Å². The highest BCUT2D eigenvalue weighted by Crippen LogP contribution is 2.44. The first-order valence-electron chi connectivity index (χ1n) is 5.75. The van der Waals surface area contributed by atoms with Crippen LogP contribution < -0.4 is 5.32 Å². The van der Waals surface area contributed by atoms with E-state index in [-0.39, 0.29) is 0 Å². The van der Waals surface area contributed by atoms with E-state index in [2.05, 4.69) is 48.5 Å². The molecule has 0 saturated carbocycles. The molecular formula is C13H18N2. The molecule has 2 heterocycles. The quantitative estimate of drug-likeness (QED) is 0.693. The van der Waals surface area contributed by atoms with Gasteiger partial charge in [-0.1, -0.05) is 25.1 Å². The van der Waals surface area contributed by atoms with Crippen LogP contribution in [0.2, 0.25) is 0 Å². The zero-order valence-electron chi connectivity index (χ0n) is 9.46. The lowest BCUT2D eigenvalue weighted by molar-refractivity contribution is 0.181. The van der Waals surface area contributed by atoms with Gasteiger partial charge in [0.1, 0.15) is 0 Å². The van der Waals surface area contributed by atoms with Crippen molar-refractivity contribution in [2.75, 3.05) is 25.5 Å². The summed E-state index contributed by atoms with van der Waals surface area (Å²) in [5, 5.41) is 3.67. The summed E-state index contributed by atoms with van der Waals surface area (Å²) in [4.78, 5) is 2.44. The number of benzene rings is 1. The number of likely N-dealkylation sites (tertiary alicyclic amines) is 1. The summed E-state index contributed by atoms with van der Waals surface area (Å²) in [7, 11) is 2.22. The molecule has 0 aromatic heterocycles. The van der Waals surface area contributed by atoms with E-state index in [0.717, 1.165) is 0 Å². The van der Waals surface area contributed by atoms with Gasteiger partial charge in [-0.25, -0.2) is 0 Å². The third-order valence-corrected chi connectivity index (χ3v) is 4.04. The summed E-state index contributed by atoms with van der Waals surface area (Å²) >= 11 is 0. The van der Waals surface area contributed by atoms with E-state index in [1.165, 1.54) is 30.8 Å². The van der Waals surface area contributed by atoms with Crippen LogP contribution in [0.1, 0.15) is 18.9 Å². The Balaban J connectivity index is 2.07. The highest BCUT2D eigenvalue weighted by molar-refractivity contribution is 5.62. The molecule has 1 aromatic rings. The van der Waals surface area contributed by atoms with Crippen LogP contribution in [-0.4, -0.2) is 31.1 Å². The predicted molar refractivity (Wildman–Crippen MR) is 63.3 cm³/mol. The molecule has 3 rings (SSSR count). The molecule has 1 saturated heterocycles. The first-order valence-corrected chi connectivity index (χ1v) is 5.75. The van der Waals surface area contributed by atoms with Crippen molar-refractivity contribution in [1.82, 2.24) is 4.90 Å². The molecule has 0 aliphatic carbocycles. The Morgan fingerprint density at radius 1 is 1.40 bits per heavy atom. The van der Waals surface area contributed by atoms with Crippen molar-refractivity contribution in [2.24, 2.45) is 0 Å². The van der Waals surface area contributed by atoms with Gasteiger partial charge < -0.3 is 10.2 Å². The summed E-state index contributed by atoms with van der Waals surface area (Å²) in [6.07, 6.45) is 1.25. The van der Waals surface area contributed by atoms with Crippen LogP contribution in [0, 0.1) is 0 Å². The van der Waals surface area contributed by atoms with Crippen molar-refractivity contribution in [2.45, 2.75) is 24.8 Å². The van der Waals surface area contributed by atoms with Gasteiger partial charge in [-0.15, -0.1) is 0 Å². The number of likely N-dealkylation sites (N-methyl/N-ethyl adjacent to an activating group) is 1. The van der Waals surface area contributed by atoms with Crippen molar-refractivity contribution in [1.29, 1.82) is 0 Å². The Morgan fingerprint density at radius 2 is 2.20 bits per heavy atom. The number of nitrogens with one attached hydrogen (secondary N) is 1. The lowest BCUT2D eigenvalue weighted by Crippen LogP contribution is -2.51. The second-order valence-electron chi connectivity index (χ2n) is 5.19. The van der Waals surface area contributed by atoms with Crippen LogP contribution in [0.15, 0.2) is 24.3 Å². The van der Waals surface area contributed by atoms with E-state index < -0.39 is 0 Å². The van der Waals surface area contributed by atoms with Crippen LogP contribution in [0.25, 0.3) is 0 Å². The molecule has 2 unspecified atom stereocenters. The van der Waals surface area contributed by atoms with Gasteiger partial charge in [-0.3, -0.25) is 0 Å². The summed E-state index contributed by atoms with van der Waals surface area (Å²) in [6, 6.07) is 9.39. The molecule has 0 radical (unpaired) electrons. The average Bonchev–Trinajstić information content (AvgIpc) is 2.51. The zero-order chi connectivity index (χ0) is 10.5. The molecule has 15 heavy (non-hydrogen) atoms. The zero-order valence-corrected chi connectivity index (χ0v) is 9.46. The summed E-state index contributed by atoms with van der Waals surface area (Å²) in [6.45, 7) is 4.77. The third kappa shape index (κ3) is 1.21. The average molecular weight is 202 g/mol. The predicted octanol–water partition coefficient (Wildman–Crippen LogP) is 2.07. The van der Waals surface area contributed by atoms with E-state index in [0.29, 0.717) is 11.5 Å². The molecule has 1 aromatic carbocycles. The number of rotatable bonds is 0. The van der Waals surface area contributed by atoms with E-state index in [4.69, 9.17) is 0 Å². The lowest BCUT2D eigenvalue weighted by atomic mass is 9.75. The number of hydrogen-bond acceptors (Lipinski definition) is 2. The van der Waals surface area contributed by atoms with Crippen LogP contribution in [0.4, 0.5) is 5.69 Å². The van der Waals surface area contributed by atoms with Gasteiger partial charge in [0, 0.05) is 23.7 Å². The monoisotopic (exact) mass is 202 g/mol. The first-order chi connectivity index (χ1) is 7.20. The minimum Gasteiger partial charge on any atom is -0.381 e. The molecule has 2 aliphatic heterocycles. The second kappa shape index (κ2) is 2.99.